The van der Waals surface area contributed by atoms with Crippen molar-refractivity contribution in [2.45, 2.75) is 13.3 Å². The van der Waals surface area contributed by atoms with E-state index in [1.165, 1.54) is 0 Å². The Bertz CT molecular complexity index is 541. The van der Waals surface area contributed by atoms with Crippen LogP contribution in [0.4, 0.5) is 5.69 Å². The predicted molar refractivity (Wildman–Crippen MR) is 77.6 cm³/mol. The first-order valence-corrected chi connectivity index (χ1v) is 6.51. The van der Waals surface area contributed by atoms with E-state index in [-0.39, 0.29) is 0 Å². The third-order valence-corrected chi connectivity index (χ3v) is 3.22. The zero-order chi connectivity index (χ0) is 13.0. The third kappa shape index (κ3) is 3.62. The lowest BCUT2D eigenvalue weighted by Crippen LogP contribution is -2.05. The van der Waals surface area contributed by atoms with E-state index in [1.54, 1.807) is 12.3 Å². The molecular formula is C14H14Cl2N2. The van der Waals surface area contributed by atoms with Crippen molar-refractivity contribution in [1.29, 1.82) is 0 Å². The largest absolute Gasteiger partial charge is 0.385 e. The molecule has 1 heterocycles. The van der Waals surface area contributed by atoms with E-state index in [1.807, 2.05) is 31.2 Å². The SMILES string of the molecule is Cc1cc(NCCc2ccc(Cl)cc2Cl)ccn1. The lowest BCUT2D eigenvalue weighted by molar-refractivity contribution is 1.02. The Balaban J connectivity index is 1.92. The summed E-state index contributed by atoms with van der Waals surface area (Å²) in [5, 5.41) is 4.73. The number of benzene rings is 1. The van der Waals surface area contributed by atoms with Crippen molar-refractivity contribution < 1.29 is 0 Å². The number of hydrogen-bond acceptors (Lipinski definition) is 2. The van der Waals surface area contributed by atoms with E-state index >= 15 is 0 Å². The predicted octanol–water partition coefficient (Wildman–Crippen LogP) is 4.35. The Kier molecular flexibility index (Phi) is 4.45. The molecule has 1 aromatic carbocycles. The van der Waals surface area contributed by atoms with Gasteiger partial charge in [0.15, 0.2) is 0 Å². The van der Waals surface area contributed by atoms with Crippen LogP contribution in [0.1, 0.15) is 11.3 Å². The maximum Gasteiger partial charge on any atom is 0.0453 e. The molecule has 2 aromatic rings. The molecule has 1 aromatic heterocycles. The van der Waals surface area contributed by atoms with Crippen molar-refractivity contribution in [3.05, 3.63) is 57.8 Å². The van der Waals surface area contributed by atoms with Gasteiger partial charge in [-0.3, -0.25) is 4.98 Å². The second-order valence-electron chi connectivity index (χ2n) is 4.10. The summed E-state index contributed by atoms with van der Waals surface area (Å²) in [4.78, 5) is 4.15. The van der Waals surface area contributed by atoms with E-state index in [9.17, 15) is 0 Å². The highest BCUT2D eigenvalue weighted by molar-refractivity contribution is 6.35. The van der Waals surface area contributed by atoms with Gasteiger partial charge in [-0.05, 0) is 43.2 Å². The van der Waals surface area contributed by atoms with Gasteiger partial charge in [0.25, 0.3) is 0 Å². The molecule has 18 heavy (non-hydrogen) atoms. The number of halogens is 2. The quantitative estimate of drug-likeness (QED) is 0.901. The summed E-state index contributed by atoms with van der Waals surface area (Å²) >= 11 is 12.0. The van der Waals surface area contributed by atoms with Gasteiger partial charge in [0.1, 0.15) is 0 Å². The van der Waals surface area contributed by atoms with E-state index in [0.717, 1.165) is 34.9 Å². The average Bonchev–Trinajstić information content (AvgIpc) is 2.32. The van der Waals surface area contributed by atoms with Crippen LogP contribution in [-0.4, -0.2) is 11.5 Å². The fraction of sp³-hybridized carbons (Fsp3) is 0.214. The lowest BCUT2D eigenvalue weighted by atomic mass is 10.1. The molecule has 0 amide bonds. The summed E-state index contributed by atoms with van der Waals surface area (Å²) in [7, 11) is 0. The monoisotopic (exact) mass is 280 g/mol. The maximum atomic E-state index is 6.11. The van der Waals surface area contributed by atoms with E-state index in [4.69, 9.17) is 23.2 Å². The van der Waals surface area contributed by atoms with Gasteiger partial charge in [0.05, 0.1) is 0 Å². The number of anilines is 1. The van der Waals surface area contributed by atoms with Crippen LogP contribution < -0.4 is 5.32 Å². The second-order valence-corrected chi connectivity index (χ2v) is 4.94. The van der Waals surface area contributed by atoms with Gasteiger partial charge in [-0.1, -0.05) is 29.3 Å². The molecule has 0 saturated carbocycles. The first-order chi connectivity index (χ1) is 8.65. The first-order valence-electron chi connectivity index (χ1n) is 5.75. The zero-order valence-electron chi connectivity index (χ0n) is 10.1. The highest BCUT2D eigenvalue weighted by Gasteiger charge is 2.01. The lowest BCUT2D eigenvalue weighted by Gasteiger charge is -2.08. The van der Waals surface area contributed by atoms with Gasteiger partial charge in [-0.15, -0.1) is 0 Å². The van der Waals surface area contributed by atoms with Crippen molar-refractivity contribution in [1.82, 2.24) is 4.98 Å². The molecule has 0 aliphatic heterocycles. The minimum atomic E-state index is 0.668. The summed E-state index contributed by atoms with van der Waals surface area (Å²) in [5.41, 5.74) is 3.18. The number of nitrogens with zero attached hydrogens (tertiary/aromatic N) is 1. The maximum absolute atomic E-state index is 6.11. The average molecular weight is 281 g/mol. The molecule has 0 fully saturated rings. The van der Waals surface area contributed by atoms with Gasteiger partial charge in [0, 0.05) is 34.2 Å². The Labute approximate surface area is 117 Å². The molecule has 2 rings (SSSR count). The van der Waals surface area contributed by atoms with Crippen LogP contribution in [0.3, 0.4) is 0 Å². The van der Waals surface area contributed by atoms with Gasteiger partial charge in [-0.2, -0.15) is 0 Å². The van der Waals surface area contributed by atoms with Gasteiger partial charge in [0.2, 0.25) is 0 Å². The van der Waals surface area contributed by atoms with Crippen LogP contribution in [-0.2, 0) is 6.42 Å². The van der Waals surface area contributed by atoms with Crippen LogP contribution in [0.25, 0.3) is 0 Å². The molecule has 0 bridgehead atoms. The molecular weight excluding hydrogens is 267 g/mol. The number of pyridine rings is 1. The zero-order valence-corrected chi connectivity index (χ0v) is 11.6. The molecule has 0 aliphatic rings. The van der Waals surface area contributed by atoms with E-state index < -0.39 is 0 Å². The standard InChI is InChI=1S/C14H14Cl2N2/c1-10-8-13(5-7-17-10)18-6-4-11-2-3-12(15)9-14(11)16/h2-3,5,7-9H,4,6H2,1H3,(H,17,18). The molecule has 0 saturated heterocycles. The molecule has 0 unspecified atom stereocenters. The summed E-state index contributed by atoms with van der Waals surface area (Å²) in [6, 6.07) is 9.57. The fourth-order valence-electron chi connectivity index (χ4n) is 1.72. The van der Waals surface area contributed by atoms with Crippen molar-refractivity contribution in [2.75, 3.05) is 11.9 Å². The van der Waals surface area contributed by atoms with Gasteiger partial charge >= 0.3 is 0 Å². The Morgan fingerprint density at radius 2 is 2.00 bits per heavy atom. The topological polar surface area (TPSA) is 24.9 Å². The molecule has 0 atom stereocenters. The Morgan fingerprint density at radius 1 is 1.17 bits per heavy atom. The molecule has 1 N–H and O–H groups in total. The summed E-state index contributed by atoms with van der Waals surface area (Å²) in [5.74, 6) is 0. The molecule has 0 spiro atoms. The number of nitrogens with one attached hydrogen (secondary N) is 1. The van der Waals surface area contributed by atoms with Crippen LogP contribution in [0.5, 0.6) is 0 Å². The Morgan fingerprint density at radius 3 is 2.72 bits per heavy atom. The van der Waals surface area contributed by atoms with Crippen molar-refractivity contribution >= 4 is 28.9 Å². The normalized spacial score (nSPS) is 10.4. The van der Waals surface area contributed by atoms with Crippen molar-refractivity contribution in [2.24, 2.45) is 0 Å². The number of rotatable bonds is 4. The third-order valence-electron chi connectivity index (χ3n) is 2.64. The molecule has 4 heteroatoms. The highest BCUT2D eigenvalue weighted by Crippen LogP contribution is 2.21. The highest BCUT2D eigenvalue weighted by atomic mass is 35.5. The minimum absolute atomic E-state index is 0.668. The fourth-order valence-corrected chi connectivity index (χ4v) is 2.22. The van der Waals surface area contributed by atoms with Crippen LogP contribution in [0.15, 0.2) is 36.5 Å². The van der Waals surface area contributed by atoms with Gasteiger partial charge < -0.3 is 5.32 Å². The van der Waals surface area contributed by atoms with Crippen LogP contribution >= 0.6 is 23.2 Å². The smallest absolute Gasteiger partial charge is 0.0453 e. The summed E-state index contributed by atoms with van der Waals surface area (Å²) in [6.45, 7) is 2.80. The van der Waals surface area contributed by atoms with E-state index in [0.29, 0.717) is 5.02 Å². The molecule has 94 valence electrons. The van der Waals surface area contributed by atoms with Crippen LogP contribution in [0, 0.1) is 6.92 Å². The van der Waals surface area contributed by atoms with E-state index in [2.05, 4.69) is 10.3 Å². The molecule has 0 aliphatic carbocycles. The van der Waals surface area contributed by atoms with Crippen molar-refractivity contribution in [3.8, 4) is 0 Å². The van der Waals surface area contributed by atoms with Crippen LogP contribution in [0.2, 0.25) is 10.0 Å². The first kappa shape index (κ1) is 13.2. The van der Waals surface area contributed by atoms with Crippen molar-refractivity contribution in [3.63, 3.8) is 0 Å². The summed E-state index contributed by atoms with van der Waals surface area (Å²) < 4.78 is 0. The molecule has 2 nitrogen and oxygen atoms in total. The number of aromatic nitrogens is 1. The second kappa shape index (κ2) is 6.07. The Hall–Kier alpha value is -1.25. The number of hydrogen-bond donors (Lipinski definition) is 1. The summed E-state index contributed by atoms with van der Waals surface area (Å²) in [6.07, 6.45) is 2.66. The number of aryl methyl sites for hydroxylation is 1. The minimum Gasteiger partial charge on any atom is -0.385 e. The molecule has 0 radical (unpaired) electrons. The van der Waals surface area contributed by atoms with Gasteiger partial charge in [-0.25, -0.2) is 0 Å².